The maximum atomic E-state index is 11.2. The van der Waals surface area contributed by atoms with Crippen molar-refractivity contribution in [1.29, 1.82) is 0 Å². The number of nitrogen functional groups attached to an aromatic ring is 1. The molecule has 0 saturated carbocycles. The maximum Gasteiger partial charge on any atom is 0.180 e. The van der Waals surface area contributed by atoms with E-state index in [0.29, 0.717) is 11.4 Å². The van der Waals surface area contributed by atoms with Gasteiger partial charge in [-0.3, -0.25) is 4.79 Å². The molecule has 0 fully saturated rings. The number of nitrogens with two attached hydrogens (primary N) is 1. The highest BCUT2D eigenvalue weighted by Crippen LogP contribution is 2.18. The molecule has 1 aromatic heterocycles. The third-order valence-corrected chi connectivity index (χ3v) is 2.09. The average molecular weight is 186 g/mol. The normalized spacial score (nSPS) is 10.4. The Balaban J connectivity index is 2.77. The minimum absolute atomic E-state index is 0.103. The Morgan fingerprint density at radius 3 is 2.79 bits per heavy atom. The monoisotopic (exact) mass is 186 g/mol. The van der Waals surface area contributed by atoms with E-state index >= 15 is 0 Å². The van der Waals surface area contributed by atoms with Crippen LogP contribution in [0.1, 0.15) is 17.4 Å². The van der Waals surface area contributed by atoms with Crippen molar-refractivity contribution in [3.05, 3.63) is 36.0 Å². The van der Waals surface area contributed by atoms with E-state index in [0.717, 1.165) is 10.9 Å². The van der Waals surface area contributed by atoms with Gasteiger partial charge in [0, 0.05) is 12.3 Å². The molecule has 70 valence electrons. The molecule has 0 bridgehead atoms. The first-order valence-electron chi connectivity index (χ1n) is 4.34. The number of nitrogens with zero attached hydrogens (tertiary/aromatic N) is 1. The van der Waals surface area contributed by atoms with Crippen LogP contribution in [0.2, 0.25) is 0 Å². The summed E-state index contributed by atoms with van der Waals surface area (Å²) >= 11 is 0. The summed E-state index contributed by atoms with van der Waals surface area (Å²) in [6.45, 7) is 1.47. The van der Waals surface area contributed by atoms with E-state index in [2.05, 4.69) is 4.98 Å². The Bertz CT molecular complexity index is 506. The second-order valence-electron chi connectivity index (χ2n) is 3.18. The molecule has 0 aliphatic rings. The zero-order chi connectivity index (χ0) is 10.1. The molecule has 0 unspecified atom stereocenters. The van der Waals surface area contributed by atoms with Crippen LogP contribution in [-0.2, 0) is 0 Å². The number of aromatic nitrogens is 1. The number of carbonyl (C=O) groups is 1. The van der Waals surface area contributed by atoms with Crippen molar-refractivity contribution in [3.8, 4) is 0 Å². The summed E-state index contributed by atoms with van der Waals surface area (Å²) in [7, 11) is 0. The first-order chi connectivity index (χ1) is 6.68. The summed E-state index contributed by atoms with van der Waals surface area (Å²) in [6, 6.07) is 9.36. The van der Waals surface area contributed by atoms with Crippen LogP contribution in [0.4, 0.5) is 5.69 Å². The van der Waals surface area contributed by atoms with Gasteiger partial charge in [0.15, 0.2) is 5.78 Å². The maximum absolute atomic E-state index is 11.2. The Labute approximate surface area is 81.6 Å². The highest BCUT2D eigenvalue weighted by Gasteiger charge is 2.07. The highest BCUT2D eigenvalue weighted by atomic mass is 16.1. The molecule has 0 saturated heterocycles. The Kier molecular flexibility index (Phi) is 1.93. The molecule has 14 heavy (non-hydrogen) atoms. The fraction of sp³-hybridized carbons (Fsp3) is 0.0909. The van der Waals surface area contributed by atoms with Crippen LogP contribution in [0.3, 0.4) is 0 Å². The molecule has 0 spiro atoms. The lowest BCUT2D eigenvalue weighted by Crippen LogP contribution is -2.02. The van der Waals surface area contributed by atoms with Crippen molar-refractivity contribution >= 4 is 22.4 Å². The van der Waals surface area contributed by atoms with Crippen LogP contribution in [0, 0.1) is 0 Å². The number of anilines is 1. The van der Waals surface area contributed by atoms with Crippen LogP contribution in [0.5, 0.6) is 0 Å². The summed E-state index contributed by atoms with van der Waals surface area (Å²) in [5.41, 5.74) is 7.29. The molecule has 0 aliphatic heterocycles. The predicted molar refractivity (Wildman–Crippen MR) is 56.2 cm³/mol. The van der Waals surface area contributed by atoms with Gasteiger partial charge in [-0.15, -0.1) is 0 Å². The van der Waals surface area contributed by atoms with Gasteiger partial charge < -0.3 is 5.73 Å². The number of hydrogen-bond acceptors (Lipinski definition) is 3. The van der Waals surface area contributed by atoms with E-state index in [1.54, 1.807) is 6.07 Å². The van der Waals surface area contributed by atoms with Crippen LogP contribution in [0.15, 0.2) is 30.3 Å². The lowest BCUT2D eigenvalue weighted by Gasteiger charge is -2.03. The van der Waals surface area contributed by atoms with Crippen LogP contribution >= 0.6 is 0 Å². The lowest BCUT2D eigenvalue weighted by molar-refractivity contribution is 0.101. The van der Waals surface area contributed by atoms with Gasteiger partial charge in [-0.1, -0.05) is 18.2 Å². The molecule has 3 nitrogen and oxygen atoms in total. The van der Waals surface area contributed by atoms with Crippen molar-refractivity contribution in [3.63, 3.8) is 0 Å². The zero-order valence-electron chi connectivity index (χ0n) is 7.82. The Morgan fingerprint density at radius 2 is 2.07 bits per heavy atom. The SMILES string of the molecule is CC(=O)c1nc2ccccc2cc1N. The van der Waals surface area contributed by atoms with E-state index in [9.17, 15) is 4.79 Å². The molecule has 1 aromatic carbocycles. The molecule has 2 N–H and O–H groups in total. The summed E-state index contributed by atoms with van der Waals surface area (Å²) in [4.78, 5) is 15.4. The second-order valence-corrected chi connectivity index (χ2v) is 3.18. The number of pyridine rings is 1. The molecule has 2 rings (SSSR count). The van der Waals surface area contributed by atoms with Gasteiger partial charge in [0.1, 0.15) is 5.69 Å². The topological polar surface area (TPSA) is 56.0 Å². The standard InChI is InChI=1S/C11H10N2O/c1-7(14)11-9(12)6-8-4-2-3-5-10(8)13-11/h2-6H,12H2,1H3. The predicted octanol–water partition coefficient (Wildman–Crippen LogP) is 2.02. The Morgan fingerprint density at radius 1 is 1.36 bits per heavy atom. The number of carbonyl (C=O) groups excluding carboxylic acids is 1. The van der Waals surface area contributed by atoms with E-state index < -0.39 is 0 Å². The van der Waals surface area contributed by atoms with Gasteiger partial charge in [-0.25, -0.2) is 4.98 Å². The van der Waals surface area contributed by atoms with Gasteiger partial charge in [-0.05, 0) is 12.1 Å². The van der Waals surface area contributed by atoms with E-state index in [-0.39, 0.29) is 5.78 Å². The van der Waals surface area contributed by atoms with Crippen LogP contribution < -0.4 is 5.73 Å². The van der Waals surface area contributed by atoms with E-state index in [1.165, 1.54) is 6.92 Å². The van der Waals surface area contributed by atoms with Gasteiger partial charge in [0.05, 0.1) is 11.2 Å². The number of Topliss-reactive ketones (excluding diaryl/α,β-unsaturated/α-hetero) is 1. The highest BCUT2D eigenvalue weighted by molar-refractivity contribution is 6.00. The third kappa shape index (κ3) is 1.33. The van der Waals surface area contributed by atoms with Crippen molar-refractivity contribution in [1.82, 2.24) is 4.98 Å². The van der Waals surface area contributed by atoms with Gasteiger partial charge >= 0.3 is 0 Å². The molecule has 3 heteroatoms. The van der Waals surface area contributed by atoms with Crippen molar-refractivity contribution in [2.45, 2.75) is 6.92 Å². The molecule has 2 aromatic rings. The number of ketones is 1. The number of benzene rings is 1. The molecular formula is C11H10N2O. The van der Waals surface area contributed by atoms with Gasteiger partial charge in [0.2, 0.25) is 0 Å². The summed E-state index contributed by atoms with van der Waals surface area (Å²) in [6.07, 6.45) is 0. The van der Waals surface area contributed by atoms with Crippen LogP contribution in [0.25, 0.3) is 10.9 Å². The van der Waals surface area contributed by atoms with Gasteiger partial charge in [-0.2, -0.15) is 0 Å². The fourth-order valence-electron chi connectivity index (χ4n) is 1.41. The first-order valence-corrected chi connectivity index (χ1v) is 4.34. The number of fused-ring (bicyclic) bond motifs is 1. The largest absolute Gasteiger partial charge is 0.397 e. The average Bonchev–Trinajstić information content (AvgIpc) is 2.16. The molecule has 0 radical (unpaired) electrons. The second kappa shape index (κ2) is 3.10. The molecular weight excluding hydrogens is 176 g/mol. The van der Waals surface area contributed by atoms with E-state index in [4.69, 9.17) is 5.73 Å². The quantitative estimate of drug-likeness (QED) is 0.693. The fourth-order valence-corrected chi connectivity index (χ4v) is 1.41. The van der Waals surface area contributed by atoms with Crippen molar-refractivity contribution < 1.29 is 4.79 Å². The number of hydrogen-bond donors (Lipinski definition) is 1. The summed E-state index contributed by atoms with van der Waals surface area (Å²) in [5, 5.41) is 0.954. The van der Waals surface area contributed by atoms with Crippen molar-refractivity contribution in [2.24, 2.45) is 0 Å². The first kappa shape index (κ1) is 8.69. The minimum Gasteiger partial charge on any atom is -0.397 e. The molecule has 0 atom stereocenters. The zero-order valence-corrected chi connectivity index (χ0v) is 7.82. The summed E-state index contributed by atoms with van der Waals surface area (Å²) in [5.74, 6) is -0.103. The molecule has 1 heterocycles. The van der Waals surface area contributed by atoms with Gasteiger partial charge in [0.25, 0.3) is 0 Å². The number of para-hydroxylation sites is 1. The minimum atomic E-state index is -0.103. The van der Waals surface area contributed by atoms with Crippen molar-refractivity contribution in [2.75, 3.05) is 5.73 Å². The summed E-state index contributed by atoms with van der Waals surface area (Å²) < 4.78 is 0. The molecule has 0 aliphatic carbocycles. The lowest BCUT2D eigenvalue weighted by atomic mass is 10.1. The Hall–Kier alpha value is -1.90. The third-order valence-electron chi connectivity index (χ3n) is 2.09. The van der Waals surface area contributed by atoms with Crippen LogP contribution in [-0.4, -0.2) is 10.8 Å². The molecule has 0 amide bonds. The smallest absolute Gasteiger partial charge is 0.180 e. The number of rotatable bonds is 1. The van der Waals surface area contributed by atoms with E-state index in [1.807, 2.05) is 24.3 Å².